The summed E-state index contributed by atoms with van der Waals surface area (Å²) < 4.78 is 5.67. The smallest absolute Gasteiger partial charge is 0.224 e. The molecule has 2 atom stereocenters. The van der Waals surface area contributed by atoms with Crippen molar-refractivity contribution < 1.29 is 14.3 Å². The van der Waals surface area contributed by atoms with E-state index in [0.717, 1.165) is 35.0 Å². The zero-order valence-corrected chi connectivity index (χ0v) is 18.3. The number of carbonyl (C=O) groups excluding carboxylic acids is 2. The SMILES string of the molecule is CCc1cccc(NC(=O)CCC(=O)N[C@@H]2COC[C@H]2Cc2ccnc3ccccc23)c1. The number of ether oxygens (including phenoxy) is 1. The molecule has 2 heterocycles. The van der Waals surface area contributed by atoms with E-state index in [2.05, 4.69) is 28.6 Å². The van der Waals surface area contributed by atoms with Gasteiger partial charge < -0.3 is 15.4 Å². The first-order valence-electron chi connectivity index (χ1n) is 11.2. The highest BCUT2D eigenvalue weighted by molar-refractivity contribution is 5.93. The molecule has 1 saturated heterocycles. The van der Waals surface area contributed by atoms with Gasteiger partial charge in [0, 0.05) is 36.0 Å². The molecule has 0 spiro atoms. The Labute approximate surface area is 188 Å². The van der Waals surface area contributed by atoms with Crippen LogP contribution in [0, 0.1) is 5.92 Å². The number of hydrogen-bond donors (Lipinski definition) is 2. The van der Waals surface area contributed by atoms with Gasteiger partial charge in [0.1, 0.15) is 0 Å². The van der Waals surface area contributed by atoms with Crippen molar-refractivity contribution >= 4 is 28.4 Å². The molecule has 6 heteroatoms. The predicted molar refractivity (Wildman–Crippen MR) is 125 cm³/mol. The highest BCUT2D eigenvalue weighted by Crippen LogP contribution is 2.24. The van der Waals surface area contributed by atoms with Crippen LogP contribution in [0.15, 0.2) is 60.8 Å². The molecular weight excluding hydrogens is 402 g/mol. The number of benzene rings is 2. The summed E-state index contributed by atoms with van der Waals surface area (Å²) in [6, 6.07) is 17.8. The monoisotopic (exact) mass is 431 g/mol. The molecule has 1 fully saturated rings. The lowest BCUT2D eigenvalue weighted by molar-refractivity contribution is -0.125. The molecule has 0 radical (unpaired) electrons. The molecule has 1 aliphatic rings. The molecule has 0 bridgehead atoms. The van der Waals surface area contributed by atoms with Crippen LogP contribution in [0.1, 0.15) is 30.9 Å². The average Bonchev–Trinajstić information content (AvgIpc) is 3.24. The Morgan fingerprint density at radius 1 is 1.03 bits per heavy atom. The molecule has 6 nitrogen and oxygen atoms in total. The quantitative estimate of drug-likeness (QED) is 0.567. The topological polar surface area (TPSA) is 80.3 Å². The molecule has 2 aromatic carbocycles. The number of amides is 2. The first-order chi connectivity index (χ1) is 15.6. The Morgan fingerprint density at radius 2 is 1.88 bits per heavy atom. The van der Waals surface area contributed by atoms with Gasteiger partial charge in [0.05, 0.1) is 24.8 Å². The maximum absolute atomic E-state index is 12.5. The highest BCUT2D eigenvalue weighted by Gasteiger charge is 2.30. The maximum atomic E-state index is 12.5. The Morgan fingerprint density at radius 3 is 2.75 bits per heavy atom. The van der Waals surface area contributed by atoms with Crippen LogP contribution in [-0.2, 0) is 27.2 Å². The van der Waals surface area contributed by atoms with E-state index >= 15 is 0 Å². The lowest BCUT2D eigenvalue weighted by Gasteiger charge is -2.20. The number of aromatic nitrogens is 1. The molecule has 32 heavy (non-hydrogen) atoms. The molecular formula is C26H29N3O3. The van der Waals surface area contributed by atoms with Gasteiger partial charge in [-0.3, -0.25) is 14.6 Å². The molecule has 166 valence electrons. The zero-order chi connectivity index (χ0) is 22.3. The third-order valence-corrected chi connectivity index (χ3v) is 5.96. The molecule has 2 N–H and O–H groups in total. The summed E-state index contributed by atoms with van der Waals surface area (Å²) in [5, 5.41) is 7.08. The minimum atomic E-state index is -0.157. The van der Waals surface area contributed by atoms with Crippen LogP contribution in [0.3, 0.4) is 0 Å². The largest absolute Gasteiger partial charge is 0.379 e. The van der Waals surface area contributed by atoms with E-state index in [1.54, 1.807) is 0 Å². The minimum Gasteiger partial charge on any atom is -0.379 e. The predicted octanol–water partition coefficient (Wildman–Crippen LogP) is 3.89. The molecule has 0 aliphatic carbocycles. The van der Waals surface area contributed by atoms with Gasteiger partial charge >= 0.3 is 0 Å². The van der Waals surface area contributed by atoms with Crippen molar-refractivity contribution in [1.82, 2.24) is 10.3 Å². The van der Waals surface area contributed by atoms with E-state index in [1.165, 1.54) is 5.56 Å². The summed E-state index contributed by atoms with van der Waals surface area (Å²) in [7, 11) is 0. The van der Waals surface area contributed by atoms with Crippen LogP contribution in [0.5, 0.6) is 0 Å². The molecule has 0 saturated carbocycles. The standard InChI is InChI=1S/C26H29N3O3/c1-2-18-6-5-7-21(14-18)28-25(30)10-11-26(31)29-24-17-32-16-20(24)15-19-12-13-27-23-9-4-3-8-22(19)23/h3-9,12-14,20,24H,2,10-11,15-17H2,1H3,(H,28,30)(H,29,31)/t20-,24-/m1/s1. The molecule has 0 unspecified atom stereocenters. The summed E-state index contributed by atoms with van der Waals surface area (Å²) in [6.07, 6.45) is 3.85. The first-order valence-corrected chi connectivity index (χ1v) is 11.2. The fourth-order valence-electron chi connectivity index (χ4n) is 4.17. The number of anilines is 1. The number of nitrogens with one attached hydrogen (secondary N) is 2. The number of nitrogens with zero attached hydrogens (tertiary/aromatic N) is 1. The lowest BCUT2D eigenvalue weighted by atomic mass is 9.93. The number of aryl methyl sites for hydroxylation is 1. The molecule has 4 rings (SSSR count). The van der Waals surface area contributed by atoms with Gasteiger partial charge in [-0.25, -0.2) is 0 Å². The minimum absolute atomic E-state index is 0.0567. The van der Waals surface area contributed by atoms with Crippen molar-refractivity contribution in [3.05, 3.63) is 71.9 Å². The Balaban J connectivity index is 1.29. The fourth-order valence-corrected chi connectivity index (χ4v) is 4.17. The van der Waals surface area contributed by atoms with Crippen molar-refractivity contribution in [2.45, 2.75) is 38.6 Å². The van der Waals surface area contributed by atoms with Gasteiger partial charge in [-0.15, -0.1) is 0 Å². The summed E-state index contributed by atoms with van der Waals surface area (Å²) in [5.74, 6) is -0.0891. The Kier molecular flexibility index (Phi) is 7.12. The van der Waals surface area contributed by atoms with Crippen molar-refractivity contribution in [3.63, 3.8) is 0 Å². The van der Waals surface area contributed by atoms with Crippen LogP contribution < -0.4 is 10.6 Å². The van der Waals surface area contributed by atoms with E-state index in [1.807, 2.05) is 54.7 Å². The normalized spacial score (nSPS) is 17.9. The maximum Gasteiger partial charge on any atom is 0.224 e. The second kappa shape index (κ2) is 10.4. The van der Waals surface area contributed by atoms with Crippen molar-refractivity contribution in [2.75, 3.05) is 18.5 Å². The fraction of sp³-hybridized carbons (Fsp3) is 0.346. The molecule has 2 amide bonds. The first kappa shape index (κ1) is 22.0. The third-order valence-electron chi connectivity index (χ3n) is 5.96. The van der Waals surface area contributed by atoms with Crippen LogP contribution in [0.2, 0.25) is 0 Å². The van der Waals surface area contributed by atoms with Gasteiger partial charge in [0.15, 0.2) is 0 Å². The van der Waals surface area contributed by atoms with Crippen LogP contribution >= 0.6 is 0 Å². The summed E-state index contributed by atoms with van der Waals surface area (Å²) in [5.41, 5.74) is 4.11. The summed E-state index contributed by atoms with van der Waals surface area (Å²) >= 11 is 0. The number of pyridine rings is 1. The van der Waals surface area contributed by atoms with Gasteiger partial charge in [-0.1, -0.05) is 37.3 Å². The van der Waals surface area contributed by atoms with Crippen molar-refractivity contribution in [1.29, 1.82) is 0 Å². The Hall–Kier alpha value is -3.25. The van der Waals surface area contributed by atoms with E-state index < -0.39 is 0 Å². The number of para-hydroxylation sites is 1. The van der Waals surface area contributed by atoms with Gasteiger partial charge in [-0.2, -0.15) is 0 Å². The zero-order valence-electron chi connectivity index (χ0n) is 18.3. The number of fused-ring (bicyclic) bond motifs is 1. The van der Waals surface area contributed by atoms with Gasteiger partial charge in [0.25, 0.3) is 0 Å². The van der Waals surface area contributed by atoms with E-state index in [9.17, 15) is 9.59 Å². The second-order valence-electron chi connectivity index (χ2n) is 8.27. The number of rotatable bonds is 8. The van der Waals surface area contributed by atoms with Gasteiger partial charge in [-0.05, 0) is 48.2 Å². The average molecular weight is 432 g/mol. The summed E-state index contributed by atoms with van der Waals surface area (Å²) in [6.45, 7) is 3.17. The van der Waals surface area contributed by atoms with Crippen LogP contribution in [-0.4, -0.2) is 36.1 Å². The highest BCUT2D eigenvalue weighted by atomic mass is 16.5. The number of hydrogen-bond acceptors (Lipinski definition) is 4. The molecule has 1 aliphatic heterocycles. The van der Waals surface area contributed by atoms with Crippen molar-refractivity contribution in [2.24, 2.45) is 5.92 Å². The van der Waals surface area contributed by atoms with E-state index in [0.29, 0.717) is 13.2 Å². The lowest BCUT2D eigenvalue weighted by Crippen LogP contribution is -2.40. The third kappa shape index (κ3) is 5.51. The second-order valence-corrected chi connectivity index (χ2v) is 8.27. The van der Waals surface area contributed by atoms with Gasteiger partial charge in [0.2, 0.25) is 11.8 Å². The van der Waals surface area contributed by atoms with Crippen LogP contribution in [0.25, 0.3) is 10.9 Å². The van der Waals surface area contributed by atoms with E-state index in [4.69, 9.17) is 4.74 Å². The number of carbonyl (C=O) groups is 2. The van der Waals surface area contributed by atoms with E-state index in [-0.39, 0.29) is 36.6 Å². The van der Waals surface area contributed by atoms with Crippen LogP contribution in [0.4, 0.5) is 5.69 Å². The molecule has 1 aromatic heterocycles. The Bertz CT molecular complexity index is 1090. The van der Waals surface area contributed by atoms with Crippen molar-refractivity contribution in [3.8, 4) is 0 Å². The molecule has 3 aromatic rings. The summed E-state index contributed by atoms with van der Waals surface area (Å²) in [4.78, 5) is 29.2.